The highest BCUT2D eigenvalue weighted by molar-refractivity contribution is 7.92. The fourth-order valence-electron chi connectivity index (χ4n) is 2.96. The average Bonchev–Trinajstić information content (AvgIpc) is 2.88. The molecule has 0 aliphatic carbocycles. The topological polar surface area (TPSA) is 117 Å². The summed E-state index contributed by atoms with van der Waals surface area (Å²) in [6.45, 7) is 4.72. The number of carbonyl (C=O) groups is 1. The highest BCUT2D eigenvalue weighted by Gasteiger charge is 2.13. The van der Waals surface area contributed by atoms with Crippen LogP contribution in [-0.2, 0) is 34.3 Å². The third-order valence-electron chi connectivity index (χ3n) is 4.29. The smallest absolute Gasteiger partial charge is 0.229 e. The van der Waals surface area contributed by atoms with Crippen molar-refractivity contribution in [1.29, 1.82) is 5.26 Å². The lowest BCUT2D eigenvalue weighted by Gasteiger charge is -2.09. The van der Waals surface area contributed by atoms with Crippen molar-refractivity contribution in [2.75, 3.05) is 11.0 Å². The number of anilines is 1. The Labute approximate surface area is 165 Å². The van der Waals surface area contributed by atoms with Crippen LogP contribution in [0.2, 0.25) is 0 Å². The van der Waals surface area contributed by atoms with E-state index in [-0.39, 0.29) is 5.91 Å². The van der Waals surface area contributed by atoms with Gasteiger partial charge in [0, 0.05) is 24.3 Å². The molecule has 150 valence electrons. The first kappa shape index (κ1) is 21.4. The summed E-state index contributed by atoms with van der Waals surface area (Å²) >= 11 is 0. The molecule has 9 heteroatoms. The van der Waals surface area contributed by atoms with E-state index in [0.717, 1.165) is 28.8 Å². The van der Waals surface area contributed by atoms with Crippen molar-refractivity contribution in [2.45, 2.75) is 46.2 Å². The molecule has 0 unspecified atom stereocenters. The van der Waals surface area contributed by atoms with E-state index in [1.165, 1.54) is 0 Å². The monoisotopic (exact) mass is 403 g/mol. The second kappa shape index (κ2) is 9.37. The minimum atomic E-state index is -3.34. The maximum atomic E-state index is 12.2. The molecule has 8 nitrogen and oxygen atoms in total. The molecule has 28 heavy (non-hydrogen) atoms. The maximum absolute atomic E-state index is 12.2. The lowest BCUT2D eigenvalue weighted by atomic mass is 10.1. The molecule has 1 heterocycles. The lowest BCUT2D eigenvalue weighted by molar-refractivity contribution is -0.121. The van der Waals surface area contributed by atoms with E-state index < -0.39 is 10.0 Å². The number of nitrogens with one attached hydrogen (secondary N) is 2. The number of carbonyl (C=O) groups excluding carboxylic acids is 1. The first-order chi connectivity index (χ1) is 13.2. The largest absolute Gasteiger partial charge is 0.352 e. The van der Waals surface area contributed by atoms with Crippen LogP contribution in [0.4, 0.5) is 5.69 Å². The summed E-state index contributed by atoms with van der Waals surface area (Å²) in [6.07, 6.45) is 2.39. The zero-order valence-corrected chi connectivity index (χ0v) is 17.1. The van der Waals surface area contributed by atoms with Crippen LogP contribution in [-0.4, -0.2) is 30.4 Å². The van der Waals surface area contributed by atoms with Gasteiger partial charge in [-0.25, -0.2) is 8.42 Å². The van der Waals surface area contributed by atoms with Gasteiger partial charge >= 0.3 is 0 Å². The number of aryl methyl sites for hydroxylation is 2. The van der Waals surface area contributed by atoms with E-state index in [0.29, 0.717) is 38.0 Å². The van der Waals surface area contributed by atoms with E-state index in [1.54, 1.807) is 18.2 Å². The van der Waals surface area contributed by atoms with Gasteiger partial charge in [0.05, 0.1) is 31.0 Å². The molecule has 0 aliphatic rings. The summed E-state index contributed by atoms with van der Waals surface area (Å²) in [6, 6.07) is 9.01. The van der Waals surface area contributed by atoms with Gasteiger partial charge in [-0.2, -0.15) is 10.4 Å². The molecule has 0 fully saturated rings. The number of hydrogen-bond donors (Lipinski definition) is 2. The molecular formula is C19H25N5O3S. The Morgan fingerprint density at radius 2 is 2.07 bits per heavy atom. The van der Waals surface area contributed by atoms with E-state index in [4.69, 9.17) is 5.26 Å². The van der Waals surface area contributed by atoms with Crippen molar-refractivity contribution in [3.63, 3.8) is 0 Å². The van der Waals surface area contributed by atoms with Crippen molar-refractivity contribution < 1.29 is 13.2 Å². The molecule has 2 aromatic rings. The summed E-state index contributed by atoms with van der Waals surface area (Å²) in [5.74, 6) is -0.0925. The maximum Gasteiger partial charge on any atom is 0.229 e. The Kier molecular flexibility index (Phi) is 7.18. The number of nitriles is 1. The molecule has 0 spiro atoms. The van der Waals surface area contributed by atoms with Crippen LogP contribution in [0.15, 0.2) is 24.3 Å². The van der Waals surface area contributed by atoms with Gasteiger partial charge in [0.25, 0.3) is 0 Å². The highest BCUT2D eigenvalue weighted by Crippen LogP contribution is 2.16. The second-order valence-corrected chi connectivity index (χ2v) is 8.38. The van der Waals surface area contributed by atoms with Crippen LogP contribution < -0.4 is 10.0 Å². The lowest BCUT2D eigenvalue weighted by Crippen LogP contribution is -2.23. The van der Waals surface area contributed by atoms with Crippen LogP contribution in [0.3, 0.4) is 0 Å². The Hall–Kier alpha value is -2.86. The van der Waals surface area contributed by atoms with Gasteiger partial charge in [-0.1, -0.05) is 12.1 Å². The Bertz CT molecular complexity index is 989. The van der Waals surface area contributed by atoms with Gasteiger partial charge in [-0.15, -0.1) is 0 Å². The molecule has 0 bridgehead atoms. The van der Waals surface area contributed by atoms with Crippen LogP contribution in [0.1, 0.15) is 35.4 Å². The quantitative estimate of drug-likeness (QED) is 0.664. The Balaban J connectivity index is 1.89. The van der Waals surface area contributed by atoms with Crippen LogP contribution in [0.5, 0.6) is 0 Å². The zero-order chi connectivity index (χ0) is 20.7. The third-order valence-corrected chi connectivity index (χ3v) is 4.90. The summed E-state index contributed by atoms with van der Waals surface area (Å²) in [7, 11) is -3.34. The minimum Gasteiger partial charge on any atom is -0.352 e. The van der Waals surface area contributed by atoms with Gasteiger partial charge in [0.15, 0.2) is 0 Å². The predicted octanol–water partition coefficient (Wildman–Crippen LogP) is 2.03. The molecule has 0 saturated carbocycles. The molecule has 1 amide bonds. The standard InChI is InChI=1S/C19H25N5O3S/c1-14-18(15(2)24(22-14)11-5-10-20)8-9-19(25)21-13-16-6-4-7-17(12-16)23-28(3,26)27/h4,6-7,12,23H,5,8-9,11,13H2,1-3H3,(H,21,25). The van der Waals surface area contributed by atoms with E-state index in [9.17, 15) is 13.2 Å². The van der Waals surface area contributed by atoms with E-state index in [2.05, 4.69) is 21.2 Å². The normalized spacial score (nSPS) is 11.1. The van der Waals surface area contributed by atoms with Gasteiger partial charge in [0.2, 0.25) is 15.9 Å². The first-order valence-electron chi connectivity index (χ1n) is 8.93. The Morgan fingerprint density at radius 3 is 2.75 bits per heavy atom. The molecule has 2 N–H and O–H groups in total. The first-order valence-corrected chi connectivity index (χ1v) is 10.8. The van der Waals surface area contributed by atoms with Crippen LogP contribution in [0.25, 0.3) is 0 Å². The van der Waals surface area contributed by atoms with Gasteiger partial charge in [0.1, 0.15) is 0 Å². The number of aromatic nitrogens is 2. The number of sulfonamides is 1. The summed E-state index contributed by atoms with van der Waals surface area (Å²) < 4.78 is 26.8. The van der Waals surface area contributed by atoms with Crippen LogP contribution in [0, 0.1) is 25.2 Å². The number of hydrogen-bond acceptors (Lipinski definition) is 5. The molecule has 0 saturated heterocycles. The molecule has 1 aromatic carbocycles. The molecule has 0 aliphatic heterocycles. The highest BCUT2D eigenvalue weighted by atomic mass is 32.2. The van der Waals surface area contributed by atoms with Gasteiger partial charge < -0.3 is 5.32 Å². The van der Waals surface area contributed by atoms with Crippen molar-refractivity contribution in [1.82, 2.24) is 15.1 Å². The predicted molar refractivity (Wildman–Crippen MR) is 107 cm³/mol. The fourth-order valence-corrected chi connectivity index (χ4v) is 3.51. The van der Waals surface area contributed by atoms with Gasteiger partial charge in [-0.3, -0.25) is 14.2 Å². The number of benzene rings is 1. The molecule has 1 aromatic heterocycles. The van der Waals surface area contributed by atoms with Crippen molar-refractivity contribution in [3.8, 4) is 6.07 Å². The van der Waals surface area contributed by atoms with E-state index >= 15 is 0 Å². The molecule has 0 radical (unpaired) electrons. The van der Waals surface area contributed by atoms with Crippen molar-refractivity contribution >= 4 is 21.6 Å². The summed E-state index contributed by atoms with van der Waals surface area (Å²) in [4.78, 5) is 12.2. The van der Waals surface area contributed by atoms with Crippen molar-refractivity contribution in [2.24, 2.45) is 0 Å². The van der Waals surface area contributed by atoms with Gasteiger partial charge in [-0.05, 0) is 43.5 Å². The summed E-state index contributed by atoms with van der Waals surface area (Å²) in [5, 5.41) is 16.0. The second-order valence-electron chi connectivity index (χ2n) is 6.63. The van der Waals surface area contributed by atoms with E-state index in [1.807, 2.05) is 24.6 Å². The molecular weight excluding hydrogens is 378 g/mol. The third kappa shape index (κ3) is 6.39. The SMILES string of the molecule is Cc1nn(CCC#N)c(C)c1CCC(=O)NCc1cccc(NS(C)(=O)=O)c1. The van der Waals surface area contributed by atoms with Crippen molar-refractivity contribution in [3.05, 3.63) is 46.8 Å². The zero-order valence-electron chi connectivity index (χ0n) is 16.3. The number of amides is 1. The minimum absolute atomic E-state index is 0.0925. The molecule has 0 atom stereocenters. The summed E-state index contributed by atoms with van der Waals surface area (Å²) in [5.41, 5.74) is 4.17. The molecule has 2 rings (SSSR count). The average molecular weight is 404 g/mol. The number of rotatable bonds is 9. The number of nitrogens with zero attached hydrogens (tertiary/aromatic N) is 3. The Morgan fingerprint density at radius 1 is 1.32 bits per heavy atom. The van der Waals surface area contributed by atoms with Crippen LogP contribution >= 0.6 is 0 Å². The fraction of sp³-hybridized carbons (Fsp3) is 0.421.